The van der Waals surface area contributed by atoms with Crippen LogP contribution in [0.4, 0.5) is 10.5 Å². The molecule has 2 aromatic rings. The Labute approximate surface area is 199 Å². The van der Waals surface area contributed by atoms with Gasteiger partial charge in [0.1, 0.15) is 11.4 Å². The minimum absolute atomic E-state index is 0.00766. The fraction of sp³-hybridized carbons (Fsp3) is 0.269. The third kappa shape index (κ3) is 7.71. The highest BCUT2D eigenvalue weighted by molar-refractivity contribution is 6.06. The van der Waals surface area contributed by atoms with Crippen LogP contribution in [0.5, 0.6) is 5.75 Å². The molecular formula is C26H28N2O6. The minimum Gasteiger partial charge on any atom is -0.496 e. The first-order chi connectivity index (χ1) is 16.0. The fourth-order valence-corrected chi connectivity index (χ4v) is 2.98. The predicted molar refractivity (Wildman–Crippen MR) is 130 cm³/mol. The van der Waals surface area contributed by atoms with Crippen LogP contribution in [0.3, 0.4) is 0 Å². The number of carbonyl (C=O) groups excluding carboxylic acids is 2. The van der Waals surface area contributed by atoms with Crippen LogP contribution in [0.2, 0.25) is 0 Å². The van der Waals surface area contributed by atoms with Crippen molar-refractivity contribution in [3.8, 4) is 18.1 Å². The summed E-state index contributed by atoms with van der Waals surface area (Å²) in [6, 6.07) is 11.4. The first-order valence-corrected chi connectivity index (χ1v) is 10.4. The van der Waals surface area contributed by atoms with Crippen LogP contribution in [-0.2, 0) is 16.1 Å². The van der Waals surface area contributed by atoms with Crippen LogP contribution < -0.4 is 10.1 Å². The molecule has 0 saturated heterocycles. The van der Waals surface area contributed by atoms with Crippen LogP contribution in [0, 0.1) is 12.3 Å². The molecule has 0 aliphatic heterocycles. The van der Waals surface area contributed by atoms with Crippen LogP contribution in [0.1, 0.15) is 42.3 Å². The molecule has 0 atom stereocenters. The zero-order chi connectivity index (χ0) is 25.3. The molecule has 0 unspecified atom stereocenters. The molecule has 0 aliphatic carbocycles. The highest BCUT2D eigenvalue weighted by Crippen LogP contribution is 2.23. The largest absolute Gasteiger partial charge is 0.496 e. The Hall–Kier alpha value is -4.25. The molecule has 2 amide bonds. The minimum atomic E-state index is -1.14. The van der Waals surface area contributed by atoms with Gasteiger partial charge in [-0.3, -0.25) is 9.69 Å². The van der Waals surface area contributed by atoms with Gasteiger partial charge in [-0.2, -0.15) is 0 Å². The number of hydrogen-bond donors (Lipinski definition) is 2. The van der Waals surface area contributed by atoms with Crippen molar-refractivity contribution in [2.75, 3.05) is 19.0 Å². The maximum Gasteiger partial charge on any atom is 0.411 e. The van der Waals surface area contributed by atoms with Gasteiger partial charge in [0, 0.05) is 11.6 Å². The van der Waals surface area contributed by atoms with E-state index in [2.05, 4.69) is 11.2 Å². The van der Waals surface area contributed by atoms with Gasteiger partial charge in [-0.25, -0.2) is 9.59 Å². The van der Waals surface area contributed by atoms with Gasteiger partial charge in [0.2, 0.25) is 5.91 Å². The molecule has 2 aromatic carbocycles. The van der Waals surface area contributed by atoms with E-state index in [-0.39, 0.29) is 24.3 Å². The van der Waals surface area contributed by atoms with Gasteiger partial charge in [-0.05, 0) is 56.7 Å². The SMILES string of the molecule is C#CCN(Cc1cc(C=CC(=O)Nc2ccccc2C(=O)O)ccc1OC)C(=O)OC(C)(C)C. The smallest absolute Gasteiger partial charge is 0.411 e. The van der Waals surface area contributed by atoms with Crippen molar-refractivity contribution in [2.45, 2.75) is 32.9 Å². The summed E-state index contributed by atoms with van der Waals surface area (Å²) < 4.78 is 10.8. The lowest BCUT2D eigenvalue weighted by atomic mass is 10.1. The number of methoxy groups -OCH3 is 1. The fourth-order valence-electron chi connectivity index (χ4n) is 2.98. The molecule has 8 nitrogen and oxygen atoms in total. The van der Waals surface area contributed by atoms with Crippen LogP contribution in [-0.4, -0.2) is 47.2 Å². The zero-order valence-electron chi connectivity index (χ0n) is 19.6. The number of ether oxygens (including phenoxy) is 2. The first-order valence-electron chi connectivity index (χ1n) is 10.4. The molecule has 8 heteroatoms. The summed E-state index contributed by atoms with van der Waals surface area (Å²) in [7, 11) is 1.51. The maximum atomic E-state index is 12.6. The van der Waals surface area contributed by atoms with E-state index < -0.39 is 23.6 Å². The van der Waals surface area contributed by atoms with Gasteiger partial charge >= 0.3 is 12.1 Å². The summed E-state index contributed by atoms with van der Waals surface area (Å²) in [6.07, 6.45) is 7.74. The van der Waals surface area contributed by atoms with Crippen LogP contribution in [0.25, 0.3) is 6.08 Å². The molecule has 0 bridgehead atoms. The summed E-state index contributed by atoms with van der Waals surface area (Å²) in [5, 5.41) is 11.8. The highest BCUT2D eigenvalue weighted by Gasteiger charge is 2.22. The summed E-state index contributed by atoms with van der Waals surface area (Å²) in [5.74, 6) is 1.37. The Bertz CT molecular complexity index is 1120. The second-order valence-electron chi connectivity index (χ2n) is 8.29. The lowest BCUT2D eigenvalue weighted by Crippen LogP contribution is -2.36. The Morgan fingerprint density at radius 3 is 2.50 bits per heavy atom. The quantitative estimate of drug-likeness (QED) is 0.443. The van der Waals surface area contributed by atoms with Crippen molar-refractivity contribution >= 4 is 29.7 Å². The summed E-state index contributed by atoms with van der Waals surface area (Å²) in [5.41, 5.74) is 0.851. The standard InChI is InChI=1S/C26H28N2O6/c1-6-15-28(25(32)34-26(2,3)4)17-19-16-18(11-13-22(19)33-5)12-14-23(29)27-21-10-8-7-9-20(21)24(30)31/h1,7-14,16H,15,17H2,2-5H3,(H,27,29)(H,30,31). The van der Waals surface area contributed by atoms with Gasteiger partial charge in [0.25, 0.3) is 0 Å². The van der Waals surface area contributed by atoms with Gasteiger partial charge in [0.15, 0.2) is 0 Å². The molecule has 34 heavy (non-hydrogen) atoms. The summed E-state index contributed by atoms with van der Waals surface area (Å²) in [4.78, 5) is 37.6. The number of hydrogen-bond acceptors (Lipinski definition) is 5. The third-order valence-corrected chi connectivity index (χ3v) is 4.44. The number of carbonyl (C=O) groups is 3. The summed E-state index contributed by atoms with van der Waals surface area (Å²) >= 11 is 0. The number of amides is 2. The number of carboxylic acid groups (broad SMARTS) is 1. The number of terminal acetylenes is 1. The predicted octanol–water partition coefficient (Wildman–Crippen LogP) is 4.42. The Balaban J connectivity index is 2.21. The van der Waals surface area contributed by atoms with E-state index in [0.717, 1.165) is 0 Å². The van der Waals surface area contributed by atoms with Crippen LogP contribution in [0.15, 0.2) is 48.5 Å². The van der Waals surface area contributed by atoms with Gasteiger partial charge < -0.3 is 19.9 Å². The van der Waals surface area contributed by atoms with Crippen molar-refractivity contribution in [3.05, 3.63) is 65.2 Å². The van der Waals surface area contributed by atoms with E-state index >= 15 is 0 Å². The number of carboxylic acids is 1. The van der Waals surface area contributed by atoms with E-state index in [1.54, 1.807) is 57.2 Å². The number of benzene rings is 2. The van der Waals surface area contributed by atoms with Gasteiger partial charge in [0.05, 0.1) is 31.5 Å². The lowest BCUT2D eigenvalue weighted by molar-refractivity contribution is -0.111. The number of para-hydroxylation sites is 1. The topological polar surface area (TPSA) is 105 Å². The summed E-state index contributed by atoms with van der Waals surface area (Å²) in [6.45, 7) is 5.49. The maximum absolute atomic E-state index is 12.6. The van der Waals surface area contributed by atoms with E-state index in [1.165, 1.54) is 30.2 Å². The van der Waals surface area contributed by atoms with Crippen molar-refractivity contribution in [2.24, 2.45) is 0 Å². The van der Waals surface area contributed by atoms with Gasteiger partial charge in [-0.15, -0.1) is 6.42 Å². The number of rotatable bonds is 8. The number of nitrogens with one attached hydrogen (secondary N) is 1. The van der Waals surface area contributed by atoms with Crippen molar-refractivity contribution in [1.82, 2.24) is 4.90 Å². The Kier molecular flexibility index (Phi) is 8.85. The number of anilines is 1. The molecule has 0 heterocycles. The average molecular weight is 465 g/mol. The van der Waals surface area contributed by atoms with Crippen LogP contribution >= 0.6 is 0 Å². The van der Waals surface area contributed by atoms with Crippen molar-refractivity contribution in [3.63, 3.8) is 0 Å². The zero-order valence-corrected chi connectivity index (χ0v) is 19.6. The molecule has 0 saturated carbocycles. The second kappa shape index (κ2) is 11.6. The molecule has 0 radical (unpaired) electrons. The Morgan fingerprint density at radius 2 is 1.88 bits per heavy atom. The van der Waals surface area contributed by atoms with Crippen molar-refractivity contribution in [1.29, 1.82) is 0 Å². The average Bonchev–Trinajstić information content (AvgIpc) is 2.76. The normalized spacial score (nSPS) is 10.9. The molecule has 0 aliphatic rings. The van der Waals surface area contributed by atoms with E-state index in [4.69, 9.17) is 15.9 Å². The molecule has 2 rings (SSSR count). The number of aromatic carboxylic acids is 1. The molecule has 0 aromatic heterocycles. The highest BCUT2D eigenvalue weighted by atomic mass is 16.6. The molecule has 0 spiro atoms. The molecule has 0 fully saturated rings. The molecule has 178 valence electrons. The lowest BCUT2D eigenvalue weighted by Gasteiger charge is -2.26. The van der Waals surface area contributed by atoms with E-state index in [1.807, 2.05) is 0 Å². The van der Waals surface area contributed by atoms with E-state index in [9.17, 15) is 19.5 Å². The third-order valence-electron chi connectivity index (χ3n) is 4.44. The Morgan fingerprint density at radius 1 is 1.18 bits per heavy atom. The van der Waals surface area contributed by atoms with Crippen molar-refractivity contribution < 1.29 is 29.0 Å². The number of nitrogens with zero attached hydrogens (tertiary/aromatic N) is 1. The monoisotopic (exact) mass is 464 g/mol. The van der Waals surface area contributed by atoms with E-state index in [0.29, 0.717) is 16.9 Å². The second-order valence-corrected chi connectivity index (χ2v) is 8.29. The molecular weight excluding hydrogens is 436 g/mol. The first kappa shape index (κ1) is 26.0. The molecule has 2 N–H and O–H groups in total. The van der Waals surface area contributed by atoms with Gasteiger partial charge in [-0.1, -0.05) is 24.1 Å².